The SMILES string of the molecule is CCC(C)N1CCN(c2nc(C(C)C)c(CN)s2)CC1. The van der Waals surface area contributed by atoms with Crippen LogP contribution in [0.15, 0.2) is 0 Å². The molecule has 1 atom stereocenters. The fraction of sp³-hybridized carbons (Fsp3) is 0.800. The second kappa shape index (κ2) is 6.87. The molecule has 20 heavy (non-hydrogen) atoms. The summed E-state index contributed by atoms with van der Waals surface area (Å²) < 4.78 is 0. The Morgan fingerprint density at radius 2 is 1.85 bits per heavy atom. The highest BCUT2D eigenvalue weighted by atomic mass is 32.1. The third kappa shape index (κ3) is 3.32. The molecule has 1 aliphatic rings. The summed E-state index contributed by atoms with van der Waals surface area (Å²) in [5, 5.41) is 1.16. The van der Waals surface area contributed by atoms with Crippen LogP contribution in [-0.4, -0.2) is 42.1 Å². The van der Waals surface area contributed by atoms with E-state index >= 15 is 0 Å². The van der Waals surface area contributed by atoms with E-state index in [4.69, 9.17) is 10.7 Å². The lowest BCUT2D eigenvalue weighted by atomic mass is 10.1. The Hall–Kier alpha value is -0.650. The highest BCUT2D eigenvalue weighted by molar-refractivity contribution is 7.15. The molecule has 0 bridgehead atoms. The van der Waals surface area contributed by atoms with Gasteiger partial charge in [-0.1, -0.05) is 20.8 Å². The number of hydrogen-bond acceptors (Lipinski definition) is 5. The largest absolute Gasteiger partial charge is 0.346 e. The van der Waals surface area contributed by atoms with Crippen LogP contribution >= 0.6 is 11.3 Å². The van der Waals surface area contributed by atoms with Crippen molar-refractivity contribution in [3.8, 4) is 0 Å². The number of nitrogens with zero attached hydrogens (tertiary/aromatic N) is 3. The van der Waals surface area contributed by atoms with Gasteiger partial charge in [0.1, 0.15) is 0 Å². The molecule has 0 amide bonds. The Labute approximate surface area is 127 Å². The molecule has 2 rings (SSSR count). The second-order valence-corrected chi connectivity index (χ2v) is 7.01. The third-order valence-electron chi connectivity index (χ3n) is 4.25. The first-order valence-electron chi connectivity index (χ1n) is 7.75. The standard InChI is InChI=1S/C15H28N4S/c1-5-12(4)18-6-8-19(9-7-18)15-17-14(11(2)3)13(10-16)20-15/h11-12H,5-10,16H2,1-4H3. The molecule has 4 nitrogen and oxygen atoms in total. The number of nitrogens with two attached hydrogens (primary N) is 1. The predicted octanol–water partition coefficient (Wildman–Crippen LogP) is 2.65. The molecule has 5 heteroatoms. The number of hydrogen-bond donors (Lipinski definition) is 1. The molecule has 0 spiro atoms. The Bertz CT molecular complexity index is 422. The zero-order valence-corrected chi connectivity index (χ0v) is 14.0. The molecule has 0 aliphatic carbocycles. The van der Waals surface area contributed by atoms with Crippen LogP contribution in [0, 0.1) is 0 Å². The molecule has 0 radical (unpaired) electrons. The van der Waals surface area contributed by atoms with Gasteiger partial charge in [-0.2, -0.15) is 0 Å². The van der Waals surface area contributed by atoms with Crippen LogP contribution in [0.3, 0.4) is 0 Å². The van der Waals surface area contributed by atoms with Gasteiger partial charge in [-0.05, 0) is 19.3 Å². The van der Waals surface area contributed by atoms with Crippen molar-refractivity contribution < 1.29 is 0 Å². The fourth-order valence-electron chi connectivity index (χ4n) is 2.70. The molecule has 1 aromatic rings. The molecule has 1 fully saturated rings. The normalized spacial score (nSPS) is 18.8. The summed E-state index contributed by atoms with van der Waals surface area (Å²) in [6, 6.07) is 0.694. The summed E-state index contributed by atoms with van der Waals surface area (Å²) in [6.45, 7) is 14.0. The van der Waals surface area contributed by atoms with E-state index in [2.05, 4.69) is 37.5 Å². The summed E-state index contributed by atoms with van der Waals surface area (Å²) in [4.78, 5) is 11.1. The quantitative estimate of drug-likeness (QED) is 0.907. The second-order valence-electron chi connectivity index (χ2n) is 5.94. The van der Waals surface area contributed by atoms with Gasteiger partial charge in [-0.3, -0.25) is 4.90 Å². The average molecular weight is 296 g/mol. The zero-order valence-electron chi connectivity index (χ0n) is 13.2. The number of aromatic nitrogens is 1. The maximum Gasteiger partial charge on any atom is 0.185 e. The molecule has 0 saturated carbocycles. The van der Waals surface area contributed by atoms with Gasteiger partial charge in [0.05, 0.1) is 5.69 Å². The maximum absolute atomic E-state index is 5.85. The zero-order chi connectivity index (χ0) is 14.7. The first-order valence-corrected chi connectivity index (χ1v) is 8.57. The van der Waals surface area contributed by atoms with Crippen molar-refractivity contribution in [1.82, 2.24) is 9.88 Å². The molecule has 1 aliphatic heterocycles. The highest BCUT2D eigenvalue weighted by Gasteiger charge is 2.23. The van der Waals surface area contributed by atoms with Gasteiger partial charge >= 0.3 is 0 Å². The monoisotopic (exact) mass is 296 g/mol. The highest BCUT2D eigenvalue weighted by Crippen LogP contribution is 2.31. The van der Waals surface area contributed by atoms with E-state index in [1.54, 1.807) is 11.3 Å². The smallest absolute Gasteiger partial charge is 0.185 e. The van der Waals surface area contributed by atoms with Gasteiger partial charge in [-0.15, -0.1) is 11.3 Å². The minimum atomic E-state index is 0.458. The molecular weight excluding hydrogens is 268 g/mol. The number of anilines is 1. The van der Waals surface area contributed by atoms with Crippen molar-refractivity contribution in [2.45, 2.75) is 52.6 Å². The van der Waals surface area contributed by atoms with E-state index in [0.717, 1.165) is 31.3 Å². The van der Waals surface area contributed by atoms with E-state index in [1.807, 2.05) is 0 Å². The summed E-state index contributed by atoms with van der Waals surface area (Å²) in [5.41, 5.74) is 7.05. The predicted molar refractivity (Wildman–Crippen MR) is 87.6 cm³/mol. The summed E-state index contributed by atoms with van der Waals surface area (Å²) in [6.07, 6.45) is 1.23. The molecule has 1 saturated heterocycles. The van der Waals surface area contributed by atoms with Gasteiger partial charge in [-0.25, -0.2) is 4.98 Å². The van der Waals surface area contributed by atoms with Crippen molar-refractivity contribution in [1.29, 1.82) is 0 Å². The fourth-order valence-corrected chi connectivity index (χ4v) is 3.84. The summed E-state index contributed by atoms with van der Waals surface area (Å²) >= 11 is 1.78. The van der Waals surface area contributed by atoms with Crippen LogP contribution < -0.4 is 10.6 Å². The Morgan fingerprint density at radius 1 is 1.20 bits per heavy atom. The van der Waals surface area contributed by atoms with Crippen molar-refractivity contribution in [3.05, 3.63) is 10.6 Å². The van der Waals surface area contributed by atoms with Gasteiger partial charge in [0, 0.05) is 43.6 Å². The number of piperazine rings is 1. The topological polar surface area (TPSA) is 45.4 Å². The van der Waals surface area contributed by atoms with E-state index in [0.29, 0.717) is 18.5 Å². The van der Waals surface area contributed by atoms with Crippen LogP contribution in [0.4, 0.5) is 5.13 Å². The lowest BCUT2D eigenvalue weighted by Crippen LogP contribution is -2.49. The number of rotatable bonds is 5. The lowest BCUT2D eigenvalue weighted by molar-refractivity contribution is 0.193. The minimum absolute atomic E-state index is 0.458. The Balaban J connectivity index is 2.03. The van der Waals surface area contributed by atoms with Crippen LogP contribution in [-0.2, 0) is 6.54 Å². The van der Waals surface area contributed by atoms with Crippen LogP contribution in [0.25, 0.3) is 0 Å². The Morgan fingerprint density at radius 3 is 2.30 bits per heavy atom. The Kier molecular flexibility index (Phi) is 5.41. The van der Waals surface area contributed by atoms with E-state index in [-0.39, 0.29) is 0 Å². The van der Waals surface area contributed by atoms with Crippen molar-refractivity contribution in [2.24, 2.45) is 5.73 Å². The van der Waals surface area contributed by atoms with Gasteiger partial charge in [0.25, 0.3) is 0 Å². The molecule has 114 valence electrons. The van der Waals surface area contributed by atoms with Crippen LogP contribution in [0.2, 0.25) is 0 Å². The van der Waals surface area contributed by atoms with Crippen molar-refractivity contribution in [3.63, 3.8) is 0 Å². The van der Waals surface area contributed by atoms with Gasteiger partial charge in [0.2, 0.25) is 0 Å². The van der Waals surface area contributed by atoms with Gasteiger partial charge < -0.3 is 10.6 Å². The van der Waals surface area contributed by atoms with E-state index in [1.165, 1.54) is 17.0 Å². The lowest BCUT2D eigenvalue weighted by Gasteiger charge is -2.37. The molecular formula is C15H28N4S. The summed E-state index contributed by atoms with van der Waals surface area (Å²) in [5.74, 6) is 0.458. The average Bonchev–Trinajstić information content (AvgIpc) is 2.91. The van der Waals surface area contributed by atoms with E-state index < -0.39 is 0 Å². The number of thiazole rings is 1. The van der Waals surface area contributed by atoms with Crippen molar-refractivity contribution in [2.75, 3.05) is 31.1 Å². The van der Waals surface area contributed by atoms with Gasteiger partial charge in [0.15, 0.2) is 5.13 Å². The van der Waals surface area contributed by atoms with Crippen LogP contribution in [0.5, 0.6) is 0 Å². The third-order valence-corrected chi connectivity index (χ3v) is 5.40. The maximum atomic E-state index is 5.85. The minimum Gasteiger partial charge on any atom is -0.346 e. The van der Waals surface area contributed by atoms with E-state index in [9.17, 15) is 0 Å². The molecule has 1 aromatic heterocycles. The first-order chi connectivity index (χ1) is 9.56. The molecule has 1 unspecified atom stereocenters. The van der Waals surface area contributed by atoms with Crippen molar-refractivity contribution >= 4 is 16.5 Å². The molecule has 2 N–H and O–H groups in total. The first kappa shape index (κ1) is 15.7. The van der Waals surface area contributed by atoms with Crippen LogP contribution in [0.1, 0.15) is 50.6 Å². The molecule has 2 heterocycles. The molecule has 0 aromatic carbocycles. The summed E-state index contributed by atoms with van der Waals surface area (Å²) in [7, 11) is 0.